The van der Waals surface area contributed by atoms with E-state index in [0.29, 0.717) is 28.7 Å². The second-order valence-corrected chi connectivity index (χ2v) is 9.95. The maximum atomic E-state index is 14.8. The number of para-hydroxylation sites is 1. The van der Waals surface area contributed by atoms with Crippen LogP contribution in [0.25, 0.3) is 22.3 Å². The predicted molar refractivity (Wildman–Crippen MR) is 149 cm³/mol. The van der Waals surface area contributed by atoms with Crippen LogP contribution >= 0.6 is 11.8 Å². The first-order valence-electron chi connectivity index (χ1n) is 12.2. The third kappa shape index (κ3) is 4.64. The van der Waals surface area contributed by atoms with E-state index < -0.39 is 5.25 Å². The van der Waals surface area contributed by atoms with Crippen LogP contribution in [0.4, 0.5) is 4.39 Å². The minimum Gasteiger partial charge on any atom is -0.360 e. The maximum Gasteiger partial charge on any atom is 0.192 e. The average molecular weight is 519 g/mol. The number of H-pyrrole nitrogens is 1. The van der Waals surface area contributed by atoms with E-state index in [1.807, 2.05) is 89.5 Å². The van der Waals surface area contributed by atoms with E-state index in [4.69, 9.17) is 0 Å². The summed E-state index contributed by atoms with van der Waals surface area (Å²) in [4.78, 5) is 17.3. The van der Waals surface area contributed by atoms with Crippen molar-refractivity contribution in [1.29, 1.82) is 0 Å². The molecule has 4 aromatic carbocycles. The van der Waals surface area contributed by atoms with E-state index >= 15 is 0 Å². The van der Waals surface area contributed by atoms with Crippen LogP contribution in [-0.4, -0.2) is 25.5 Å². The van der Waals surface area contributed by atoms with Gasteiger partial charge in [-0.15, -0.1) is 10.2 Å². The molecule has 0 aliphatic rings. The third-order valence-corrected chi connectivity index (χ3v) is 7.67. The number of carbonyl (C=O) groups is 1. The van der Waals surface area contributed by atoms with Crippen molar-refractivity contribution in [3.05, 3.63) is 138 Å². The number of aromatic amines is 1. The van der Waals surface area contributed by atoms with E-state index in [0.717, 1.165) is 22.0 Å². The van der Waals surface area contributed by atoms with E-state index in [-0.39, 0.29) is 11.6 Å². The molecule has 0 bridgehead atoms. The highest BCUT2D eigenvalue weighted by atomic mass is 32.2. The van der Waals surface area contributed by atoms with Gasteiger partial charge in [-0.05, 0) is 29.3 Å². The SMILES string of the molecule is O=C(c1c[nH]c2ccccc12)[C@H](Sc1nnc(-c2ccccc2F)n1Cc1ccccc1)c1ccccc1. The van der Waals surface area contributed by atoms with Gasteiger partial charge in [0.05, 0.1) is 12.1 Å². The van der Waals surface area contributed by atoms with Gasteiger partial charge in [-0.2, -0.15) is 0 Å². The molecule has 0 aliphatic heterocycles. The van der Waals surface area contributed by atoms with Gasteiger partial charge in [0.25, 0.3) is 0 Å². The lowest BCUT2D eigenvalue weighted by molar-refractivity contribution is 0.0991. The van der Waals surface area contributed by atoms with Gasteiger partial charge in [-0.25, -0.2) is 4.39 Å². The van der Waals surface area contributed by atoms with Crippen LogP contribution in [0.15, 0.2) is 121 Å². The largest absolute Gasteiger partial charge is 0.360 e. The third-order valence-electron chi connectivity index (χ3n) is 6.43. The molecule has 0 fully saturated rings. The summed E-state index contributed by atoms with van der Waals surface area (Å²) in [6, 6.07) is 33.8. The van der Waals surface area contributed by atoms with Gasteiger partial charge >= 0.3 is 0 Å². The van der Waals surface area contributed by atoms with Crippen LogP contribution in [0, 0.1) is 5.82 Å². The Morgan fingerprint density at radius 2 is 1.53 bits per heavy atom. The highest BCUT2D eigenvalue weighted by molar-refractivity contribution is 8.00. The van der Waals surface area contributed by atoms with E-state index in [1.54, 1.807) is 24.4 Å². The number of nitrogens with zero attached hydrogens (tertiary/aromatic N) is 3. The number of halogens is 1. The van der Waals surface area contributed by atoms with Crippen LogP contribution in [0.1, 0.15) is 26.7 Å². The number of nitrogens with one attached hydrogen (secondary N) is 1. The fourth-order valence-corrected chi connectivity index (χ4v) is 5.65. The first-order chi connectivity index (χ1) is 18.7. The van der Waals surface area contributed by atoms with Gasteiger partial charge in [0.1, 0.15) is 11.1 Å². The molecule has 0 saturated carbocycles. The van der Waals surface area contributed by atoms with Gasteiger partial charge in [-0.3, -0.25) is 9.36 Å². The number of fused-ring (bicyclic) bond motifs is 1. The molecular formula is C31H23FN4OS. The fraction of sp³-hybridized carbons (Fsp3) is 0.0645. The summed E-state index contributed by atoms with van der Waals surface area (Å²) in [7, 11) is 0. The smallest absolute Gasteiger partial charge is 0.192 e. The molecular weight excluding hydrogens is 495 g/mol. The number of hydrogen-bond donors (Lipinski definition) is 1. The molecule has 0 amide bonds. The Morgan fingerprint density at radius 3 is 2.32 bits per heavy atom. The summed E-state index contributed by atoms with van der Waals surface area (Å²) >= 11 is 1.33. The molecule has 2 heterocycles. The Kier molecular flexibility index (Phi) is 6.58. The molecule has 38 heavy (non-hydrogen) atoms. The fourth-order valence-electron chi connectivity index (χ4n) is 4.55. The Hall–Kier alpha value is -4.49. The van der Waals surface area contributed by atoms with Crippen molar-refractivity contribution in [2.24, 2.45) is 0 Å². The van der Waals surface area contributed by atoms with Crippen molar-refractivity contribution < 1.29 is 9.18 Å². The normalized spacial score (nSPS) is 12.0. The maximum absolute atomic E-state index is 14.8. The lowest BCUT2D eigenvalue weighted by Gasteiger charge is -2.17. The average Bonchev–Trinajstić information content (AvgIpc) is 3.57. The molecule has 0 radical (unpaired) electrons. The topological polar surface area (TPSA) is 63.6 Å². The molecule has 0 saturated heterocycles. The number of thioether (sulfide) groups is 1. The number of carbonyl (C=O) groups excluding carboxylic acids is 1. The summed E-state index contributed by atoms with van der Waals surface area (Å²) in [5.41, 5.74) is 3.76. The van der Waals surface area contributed by atoms with Crippen molar-refractivity contribution in [2.75, 3.05) is 0 Å². The summed E-state index contributed by atoms with van der Waals surface area (Å²) < 4.78 is 16.7. The van der Waals surface area contributed by atoms with Crippen molar-refractivity contribution in [2.45, 2.75) is 17.0 Å². The molecule has 1 N–H and O–H groups in total. The second kappa shape index (κ2) is 10.5. The summed E-state index contributed by atoms with van der Waals surface area (Å²) in [6.45, 7) is 0.433. The van der Waals surface area contributed by atoms with Crippen molar-refractivity contribution in [3.8, 4) is 11.4 Å². The highest BCUT2D eigenvalue weighted by Crippen LogP contribution is 2.40. The minimum atomic E-state index is -0.581. The van der Waals surface area contributed by atoms with Crippen molar-refractivity contribution in [3.63, 3.8) is 0 Å². The molecule has 6 aromatic rings. The Balaban J connectivity index is 1.45. The van der Waals surface area contributed by atoms with Crippen LogP contribution in [0.5, 0.6) is 0 Å². The highest BCUT2D eigenvalue weighted by Gasteiger charge is 2.29. The standard InChI is InChI=1S/C31H23FN4OS/c32-26-17-9-7-16-24(26)30-34-35-31(36(30)20-21-11-3-1-4-12-21)38-29(22-13-5-2-6-14-22)28(37)25-19-33-27-18-10-8-15-23(25)27/h1-19,29,33H,20H2/t29-/m1/s1. The Bertz CT molecular complexity index is 1710. The zero-order valence-corrected chi connectivity index (χ0v) is 21.1. The molecule has 2 aromatic heterocycles. The Labute approximate surface area is 223 Å². The van der Waals surface area contributed by atoms with Crippen LogP contribution in [0.2, 0.25) is 0 Å². The summed E-state index contributed by atoms with van der Waals surface area (Å²) in [5, 5.41) is 9.69. The number of aromatic nitrogens is 4. The first kappa shape index (κ1) is 23.9. The van der Waals surface area contributed by atoms with Crippen LogP contribution in [-0.2, 0) is 6.54 Å². The minimum absolute atomic E-state index is 0.0413. The van der Waals surface area contributed by atoms with Crippen LogP contribution in [0.3, 0.4) is 0 Å². The molecule has 0 spiro atoms. The van der Waals surface area contributed by atoms with Crippen molar-refractivity contribution >= 4 is 28.4 Å². The summed E-state index contributed by atoms with van der Waals surface area (Å²) in [6.07, 6.45) is 1.77. The molecule has 6 rings (SSSR count). The molecule has 0 aliphatic carbocycles. The number of hydrogen-bond acceptors (Lipinski definition) is 4. The predicted octanol–water partition coefficient (Wildman–Crippen LogP) is 7.33. The quantitative estimate of drug-likeness (QED) is 0.169. The number of rotatable bonds is 8. The van der Waals surface area contributed by atoms with Gasteiger partial charge < -0.3 is 4.98 Å². The lowest BCUT2D eigenvalue weighted by Crippen LogP contribution is -2.12. The van der Waals surface area contributed by atoms with Gasteiger partial charge in [-0.1, -0.05) is 103 Å². The molecule has 0 unspecified atom stereocenters. The number of benzene rings is 4. The molecule has 7 heteroatoms. The van der Waals surface area contributed by atoms with Gasteiger partial charge in [0.2, 0.25) is 0 Å². The first-order valence-corrected chi connectivity index (χ1v) is 13.1. The van der Waals surface area contributed by atoms with Crippen LogP contribution < -0.4 is 0 Å². The summed E-state index contributed by atoms with van der Waals surface area (Å²) in [5.74, 6) is 0.00130. The van der Waals surface area contributed by atoms with E-state index in [1.165, 1.54) is 17.8 Å². The number of ketones is 1. The lowest BCUT2D eigenvalue weighted by atomic mass is 10.0. The van der Waals surface area contributed by atoms with Crippen molar-refractivity contribution in [1.82, 2.24) is 19.7 Å². The zero-order chi connectivity index (χ0) is 25.9. The molecule has 5 nitrogen and oxygen atoms in total. The Morgan fingerprint density at radius 1 is 0.842 bits per heavy atom. The number of Topliss-reactive ketones (excluding diaryl/α,β-unsaturated/α-hetero) is 1. The monoisotopic (exact) mass is 518 g/mol. The molecule has 1 atom stereocenters. The molecule has 186 valence electrons. The van der Waals surface area contributed by atoms with Gasteiger partial charge in [0.15, 0.2) is 16.8 Å². The van der Waals surface area contributed by atoms with E-state index in [2.05, 4.69) is 15.2 Å². The van der Waals surface area contributed by atoms with E-state index in [9.17, 15) is 9.18 Å². The second-order valence-electron chi connectivity index (χ2n) is 8.88. The van der Waals surface area contributed by atoms with Gasteiger partial charge in [0, 0.05) is 22.7 Å². The zero-order valence-electron chi connectivity index (χ0n) is 20.3.